The minimum Gasteiger partial charge on any atom is -0.341 e. The van der Waals surface area contributed by atoms with Crippen LogP contribution in [0.15, 0.2) is 35.1 Å². The van der Waals surface area contributed by atoms with E-state index in [2.05, 4.69) is 20.5 Å². The molecule has 0 spiro atoms. The van der Waals surface area contributed by atoms with Gasteiger partial charge in [0.25, 0.3) is 0 Å². The maximum atomic E-state index is 12.3. The summed E-state index contributed by atoms with van der Waals surface area (Å²) in [5, 5.41) is 11.6. The maximum absolute atomic E-state index is 12.3. The largest absolute Gasteiger partial charge is 0.341 e. The summed E-state index contributed by atoms with van der Waals surface area (Å²) in [6.45, 7) is 5.51. The molecule has 2 aromatic heterocycles. The Morgan fingerprint density at radius 3 is 2.88 bits per heavy atom. The summed E-state index contributed by atoms with van der Waals surface area (Å²) < 4.78 is 6.97. The number of carbonyl (C=O) groups excluding carboxylic acids is 1. The number of amides is 1. The molecule has 1 amide bonds. The molecule has 0 aromatic carbocycles. The second kappa shape index (κ2) is 7.87. The molecule has 0 atom stereocenters. The molecule has 8 heteroatoms. The monoisotopic (exact) mass is 342 g/mol. The normalized spacial score (nSPS) is 16.7. The van der Waals surface area contributed by atoms with Crippen LogP contribution in [0.1, 0.15) is 44.3 Å². The zero-order valence-electron chi connectivity index (χ0n) is 14.5. The second-order valence-corrected chi connectivity index (χ2v) is 6.09. The summed E-state index contributed by atoms with van der Waals surface area (Å²) in [6, 6.07) is 0. The molecule has 0 bridgehead atoms. The molecule has 3 heterocycles. The number of nitrogens with zero attached hydrogens (tertiary/aromatic N) is 6. The van der Waals surface area contributed by atoms with Gasteiger partial charge in [0.05, 0.1) is 6.20 Å². The smallest absolute Gasteiger partial charge is 0.244 e. The molecule has 0 N–H and O–H groups in total. The first-order valence-electron chi connectivity index (χ1n) is 8.43. The van der Waals surface area contributed by atoms with Crippen molar-refractivity contribution in [1.29, 1.82) is 0 Å². The lowest BCUT2D eigenvalue weighted by molar-refractivity contribution is -0.133. The number of hydrogen-bond donors (Lipinski definition) is 0. The predicted octanol–water partition coefficient (Wildman–Crippen LogP) is 2.05. The van der Waals surface area contributed by atoms with Crippen LogP contribution in [0, 0.1) is 0 Å². The Bertz CT molecular complexity index is 754. The van der Waals surface area contributed by atoms with Crippen molar-refractivity contribution < 1.29 is 9.32 Å². The van der Waals surface area contributed by atoms with E-state index in [0.29, 0.717) is 24.8 Å². The molecule has 0 saturated carbocycles. The van der Waals surface area contributed by atoms with E-state index < -0.39 is 0 Å². The summed E-state index contributed by atoms with van der Waals surface area (Å²) in [5.41, 5.74) is 0.966. The fourth-order valence-corrected chi connectivity index (χ4v) is 2.81. The Hall–Kier alpha value is -2.77. The Balaban J connectivity index is 1.55. The second-order valence-electron chi connectivity index (χ2n) is 6.09. The van der Waals surface area contributed by atoms with Crippen LogP contribution in [-0.4, -0.2) is 49.0 Å². The molecule has 2 aromatic rings. The first kappa shape index (κ1) is 17.1. The van der Waals surface area contributed by atoms with Crippen molar-refractivity contribution in [1.82, 2.24) is 30.0 Å². The number of piperidine rings is 1. The van der Waals surface area contributed by atoms with Gasteiger partial charge >= 0.3 is 0 Å². The fourth-order valence-electron chi connectivity index (χ4n) is 2.81. The summed E-state index contributed by atoms with van der Waals surface area (Å²) in [7, 11) is 0. The van der Waals surface area contributed by atoms with E-state index in [1.807, 2.05) is 37.0 Å². The number of carbonyl (C=O) groups is 1. The minimum atomic E-state index is 0.0558. The van der Waals surface area contributed by atoms with Gasteiger partial charge in [0.15, 0.2) is 5.82 Å². The van der Waals surface area contributed by atoms with Gasteiger partial charge in [0, 0.05) is 25.2 Å². The average Bonchev–Trinajstić information content (AvgIpc) is 3.31. The van der Waals surface area contributed by atoms with Crippen LogP contribution >= 0.6 is 0 Å². The van der Waals surface area contributed by atoms with Crippen LogP contribution in [0.25, 0.3) is 5.57 Å². The highest BCUT2D eigenvalue weighted by molar-refractivity contribution is 5.76. The number of allylic oxidation sites excluding steroid dienone is 4. The molecular weight excluding hydrogens is 320 g/mol. The van der Waals surface area contributed by atoms with Crippen molar-refractivity contribution >= 4 is 11.5 Å². The van der Waals surface area contributed by atoms with Crippen molar-refractivity contribution in [3.8, 4) is 0 Å². The lowest BCUT2D eigenvalue weighted by Crippen LogP contribution is -2.39. The zero-order chi connectivity index (χ0) is 17.6. The molecule has 1 fully saturated rings. The van der Waals surface area contributed by atoms with E-state index in [4.69, 9.17) is 4.52 Å². The minimum absolute atomic E-state index is 0.0558. The van der Waals surface area contributed by atoms with Gasteiger partial charge in [-0.2, -0.15) is 4.98 Å². The number of likely N-dealkylation sites (tertiary alicyclic amines) is 1. The lowest BCUT2D eigenvalue weighted by atomic mass is 9.96. The fraction of sp³-hybridized carbons (Fsp3) is 0.471. The van der Waals surface area contributed by atoms with Crippen molar-refractivity contribution in [3.05, 3.63) is 42.3 Å². The van der Waals surface area contributed by atoms with E-state index >= 15 is 0 Å². The highest BCUT2D eigenvalue weighted by atomic mass is 16.5. The predicted molar refractivity (Wildman–Crippen MR) is 91.3 cm³/mol. The Morgan fingerprint density at radius 2 is 2.20 bits per heavy atom. The zero-order valence-corrected chi connectivity index (χ0v) is 14.5. The van der Waals surface area contributed by atoms with Gasteiger partial charge < -0.3 is 9.42 Å². The van der Waals surface area contributed by atoms with Gasteiger partial charge in [-0.15, -0.1) is 5.10 Å². The summed E-state index contributed by atoms with van der Waals surface area (Å²) in [6.07, 6.45) is 10.8. The van der Waals surface area contributed by atoms with E-state index in [9.17, 15) is 4.79 Å². The SMILES string of the molecule is C/C=C\C=C(/C)c1noc(C2CCN(C(=O)Cn3ccnn3)CC2)n1. The van der Waals surface area contributed by atoms with Crippen LogP contribution in [0.2, 0.25) is 0 Å². The molecule has 0 unspecified atom stereocenters. The molecule has 8 nitrogen and oxygen atoms in total. The number of hydrogen-bond acceptors (Lipinski definition) is 6. The van der Waals surface area contributed by atoms with Gasteiger partial charge in [-0.05, 0) is 32.3 Å². The van der Waals surface area contributed by atoms with Gasteiger partial charge in [-0.25, -0.2) is 4.68 Å². The molecule has 1 aliphatic heterocycles. The Labute approximate surface area is 146 Å². The highest BCUT2D eigenvalue weighted by Gasteiger charge is 2.27. The van der Waals surface area contributed by atoms with E-state index in [0.717, 1.165) is 18.4 Å². The first-order chi connectivity index (χ1) is 12.2. The molecule has 132 valence electrons. The molecule has 0 aliphatic carbocycles. The quantitative estimate of drug-likeness (QED) is 0.773. The summed E-state index contributed by atoms with van der Waals surface area (Å²) >= 11 is 0. The third-order valence-corrected chi connectivity index (χ3v) is 4.30. The summed E-state index contributed by atoms with van der Waals surface area (Å²) in [4.78, 5) is 18.6. The first-order valence-corrected chi connectivity index (χ1v) is 8.43. The van der Waals surface area contributed by atoms with Gasteiger partial charge in [0.2, 0.25) is 11.8 Å². The molecule has 0 radical (unpaired) electrons. The van der Waals surface area contributed by atoms with Crippen LogP contribution in [0.4, 0.5) is 0 Å². The van der Waals surface area contributed by atoms with Gasteiger partial charge in [-0.3, -0.25) is 4.79 Å². The molecule has 1 aliphatic rings. The van der Waals surface area contributed by atoms with Crippen molar-refractivity contribution in [3.63, 3.8) is 0 Å². The Kier molecular flexibility index (Phi) is 5.37. The standard InChI is InChI=1S/C17H22N6O2/c1-3-4-5-13(2)16-19-17(25-20-16)14-6-9-22(10-7-14)15(24)12-23-11-8-18-21-23/h3-5,8,11,14H,6-7,9-10,12H2,1-2H3/b4-3-,13-5+. The van der Waals surface area contributed by atoms with Gasteiger partial charge in [-0.1, -0.05) is 28.6 Å². The molecule has 3 rings (SSSR count). The van der Waals surface area contributed by atoms with Crippen LogP contribution in [0.5, 0.6) is 0 Å². The highest BCUT2D eigenvalue weighted by Crippen LogP contribution is 2.27. The lowest BCUT2D eigenvalue weighted by Gasteiger charge is -2.30. The van der Waals surface area contributed by atoms with Crippen LogP contribution in [-0.2, 0) is 11.3 Å². The topological polar surface area (TPSA) is 89.9 Å². The average molecular weight is 342 g/mol. The number of rotatable bonds is 5. The third-order valence-electron chi connectivity index (χ3n) is 4.30. The van der Waals surface area contributed by atoms with Crippen molar-refractivity contribution in [2.24, 2.45) is 0 Å². The maximum Gasteiger partial charge on any atom is 0.244 e. The van der Waals surface area contributed by atoms with E-state index in [1.165, 1.54) is 0 Å². The van der Waals surface area contributed by atoms with E-state index in [-0.39, 0.29) is 18.4 Å². The number of aromatic nitrogens is 5. The molecule has 1 saturated heterocycles. The van der Waals surface area contributed by atoms with Crippen LogP contribution < -0.4 is 0 Å². The molecular formula is C17H22N6O2. The van der Waals surface area contributed by atoms with Gasteiger partial charge in [0.1, 0.15) is 6.54 Å². The van der Waals surface area contributed by atoms with Crippen molar-refractivity contribution in [2.45, 2.75) is 39.2 Å². The van der Waals surface area contributed by atoms with E-state index in [1.54, 1.807) is 17.1 Å². The third kappa shape index (κ3) is 4.20. The molecule has 25 heavy (non-hydrogen) atoms. The Morgan fingerprint density at radius 1 is 1.40 bits per heavy atom. The van der Waals surface area contributed by atoms with Crippen LogP contribution in [0.3, 0.4) is 0 Å². The van der Waals surface area contributed by atoms with Crippen molar-refractivity contribution in [2.75, 3.05) is 13.1 Å². The summed E-state index contributed by atoms with van der Waals surface area (Å²) in [5.74, 6) is 1.54.